The summed E-state index contributed by atoms with van der Waals surface area (Å²) in [5, 5.41) is 3.62. The lowest BCUT2D eigenvalue weighted by Gasteiger charge is -2.18. The molecule has 2 aromatic heterocycles. The van der Waals surface area contributed by atoms with Crippen LogP contribution in [0.3, 0.4) is 0 Å². The van der Waals surface area contributed by atoms with E-state index in [1.165, 1.54) is 17.4 Å². The number of esters is 1. The van der Waals surface area contributed by atoms with E-state index >= 15 is 0 Å². The second-order valence-electron chi connectivity index (χ2n) is 6.59. The van der Waals surface area contributed by atoms with Gasteiger partial charge in [-0.3, -0.25) is 9.59 Å². The number of anilines is 2. The highest BCUT2D eigenvalue weighted by Crippen LogP contribution is 2.40. The minimum atomic E-state index is -0.403. The highest BCUT2D eigenvalue weighted by molar-refractivity contribution is 7.99. The predicted molar refractivity (Wildman–Crippen MR) is 110 cm³/mol. The van der Waals surface area contributed by atoms with Gasteiger partial charge in [-0.1, -0.05) is 18.7 Å². The number of H-pyrrole nitrogens is 1. The summed E-state index contributed by atoms with van der Waals surface area (Å²) in [6.45, 7) is 4.21. The van der Waals surface area contributed by atoms with Crippen molar-refractivity contribution in [3.05, 3.63) is 32.4 Å². The maximum Gasteiger partial charge on any atom is 0.341 e. The molecule has 0 saturated carbocycles. The van der Waals surface area contributed by atoms with Gasteiger partial charge in [0, 0.05) is 10.9 Å². The lowest BCUT2D eigenvalue weighted by Crippen LogP contribution is -2.18. The van der Waals surface area contributed by atoms with E-state index in [4.69, 9.17) is 10.5 Å². The van der Waals surface area contributed by atoms with Crippen molar-refractivity contribution in [2.24, 2.45) is 5.92 Å². The fraction of sp³-hybridized carbons (Fsp3) is 0.444. The summed E-state index contributed by atoms with van der Waals surface area (Å²) < 4.78 is 5.20. The fourth-order valence-electron chi connectivity index (χ4n) is 3.08. The predicted octanol–water partition coefficient (Wildman–Crippen LogP) is 2.45. The van der Waals surface area contributed by atoms with E-state index in [-0.39, 0.29) is 34.8 Å². The van der Waals surface area contributed by atoms with Crippen LogP contribution in [-0.4, -0.2) is 34.2 Å². The molecule has 4 N–H and O–H groups in total. The molecule has 1 atom stereocenters. The number of amides is 1. The number of nitrogens with one attached hydrogen (secondary N) is 2. The zero-order valence-electron chi connectivity index (χ0n) is 15.7. The van der Waals surface area contributed by atoms with E-state index in [1.807, 2.05) is 0 Å². The number of carbonyl (C=O) groups excluding carboxylic acids is 2. The van der Waals surface area contributed by atoms with Crippen molar-refractivity contribution in [3.8, 4) is 0 Å². The molecule has 1 amide bonds. The first-order chi connectivity index (χ1) is 13.4. The summed E-state index contributed by atoms with van der Waals surface area (Å²) in [5.74, 6) is -0.0391. The molecule has 10 heteroatoms. The third-order valence-electron chi connectivity index (χ3n) is 4.32. The molecule has 2 heterocycles. The minimum absolute atomic E-state index is 0.0215. The molecular weight excluding hydrogens is 400 g/mol. The van der Waals surface area contributed by atoms with Gasteiger partial charge in [0.25, 0.3) is 5.56 Å². The average molecular weight is 423 g/mol. The van der Waals surface area contributed by atoms with Crippen molar-refractivity contribution in [1.82, 2.24) is 9.97 Å². The average Bonchev–Trinajstić information content (AvgIpc) is 2.96. The Balaban J connectivity index is 1.76. The number of nitrogens with two attached hydrogens (primary N) is 1. The highest BCUT2D eigenvalue weighted by atomic mass is 32.2. The third kappa shape index (κ3) is 4.74. The number of thiophene rings is 1. The molecule has 0 aliphatic heterocycles. The molecule has 28 heavy (non-hydrogen) atoms. The third-order valence-corrected chi connectivity index (χ3v) is 6.37. The van der Waals surface area contributed by atoms with Crippen LogP contribution in [0.15, 0.2) is 16.0 Å². The molecule has 3 rings (SSSR count). The van der Waals surface area contributed by atoms with Crippen LogP contribution in [0, 0.1) is 5.92 Å². The van der Waals surface area contributed by atoms with E-state index in [0.29, 0.717) is 16.5 Å². The van der Waals surface area contributed by atoms with Gasteiger partial charge in [0.05, 0.1) is 17.9 Å². The maximum absolute atomic E-state index is 12.5. The number of nitrogen functional groups attached to an aromatic ring is 1. The van der Waals surface area contributed by atoms with Crippen LogP contribution in [0.2, 0.25) is 0 Å². The number of hydrogen-bond donors (Lipinski definition) is 3. The smallest absolute Gasteiger partial charge is 0.341 e. The molecule has 1 aliphatic rings. The Hall–Kier alpha value is -2.33. The molecule has 2 aromatic rings. The molecule has 0 bridgehead atoms. The van der Waals surface area contributed by atoms with E-state index < -0.39 is 5.97 Å². The molecule has 0 fully saturated rings. The first-order valence-corrected chi connectivity index (χ1v) is 10.8. The Bertz CT molecular complexity index is 954. The van der Waals surface area contributed by atoms with Crippen molar-refractivity contribution >= 4 is 45.8 Å². The van der Waals surface area contributed by atoms with E-state index in [0.717, 1.165) is 41.5 Å². The summed E-state index contributed by atoms with van der Waals surface area (Å²) >= 11 is 2.50. The van der Waals surface area contributed by atoms with Crippen molar-refractivity contribution in [1.29, 1.82) is 0 Å². The second kappa shape index (κ2) is 8.78. The zero-order chi connectivity index (χ0) is 20.3. The number of nitrogens with zero attached hydrogens (tertiary/aromatic N) is 1. The molecule has 8 nitrogen and oxygen atoms in total. The van der Waals surface area contributed by atoms with Gasteiger partial charge in [0.15, 0.2) is 5.16 Å². The normalized spacial score (nSPS) is 15.7. The lowest BCUT2D eigenvalue weighted by atomic mass is 9.88. The number of thioether (sulfide) groups is 1. The van der Waals surface area contributed by atoms with E-state index in [9.17, 15) is 14.4 Å². The van der Waals surface area contributed by atoms with Crippen LogP contribution >= 0.6 is 23.1 Å². The largest absolute Gasteiger partial charge is 0.462 e. The molecule has 1 unspecified atom stereocenters. The SMILES string of the molecule is CCOC(=O)c1c(NC(=O)CSc2nc(N)cc(=O)[nH]2)sc2c1CCC(C)C2. The fourth-order valence-corrected chi connectivity index (χ4v) is 5.17. The highest BCUT2D eigenvalue weighted by Gasteiger charge is 2.29. The molecule has 0 spiro atoms. The maximum atomic E-state index is 12.5. The second-order valence-corrected chi connectivity index (χ2v) is 8.66. The Morgan fingerprint density at radius 2 is 2.29 bits per heavy atom. The van der Waals surface area contributed by atoms with Gasteiger partial charge in [0.2, 0.25) is 5.91 Å². The summed E-state index contributed by atoms with van der Waals surface area (Å²) in [5.41, 5.74) is 6.64. The monoisotopic (exact) mass is 422 g/mol. The standard InChI is InChI=1S/C18H22N4O4S2/c1-3-26-17(25)15-10-5-4-9(2)6-11(10)28-16(15)21-14(24)8-27-18-20-12(19)7-13(23)22-18/h7,9H,3-6,8H2,1-2H3,(H,21,24)(H3,19,20,22,23). The van der Waals surface area contributed by atoms with Crippen LogP contribution in [0.25, 0.3) is 0 Å². The van der Waals surface area contributed by atoms with Gasteiger partial charge in [-0.25, -0.2) is 9.78 Å². The Morgan fingerprint density at radius 1 is 1.50 bits per heavy atom. The minimum Gasteiger partial charge on any atom is -0.462 e. The van der Waals surface area contributed by atoms with Crippen LogP contribution in [0.4, 0.5) is 10.8 Å². The van der Waals surface area contributed by atoms with Crippen LogP contribution < -0.4 is 16.6 Å². The van der Waals surface area contributed by atoms with Gasteiger partial charge in [-0.15, -0.1) is 11.3 Å². The van der Waals surface area contributed by atoms with Crippen LogP contribution in [-0.2, 0) is 22.4 Å². The van der Waals surface area contributed by atoms with Crippen molar-refractivity contribution in [3.63, 3.8) is 0 Å². The molecule has 1 aliphatic carbocycles. The quantitative estimate of drug-likeness (QED) is 0.371. The molecule has 0 aromatic carbocycles. The van der Waals surface area contributed by atoms with Gasteiger partial charge in [0.1, 0.15) is 10.8 Å². The Labute approximate surface area is 170 Å². The summed E-state index contributed by atoms with van der Waals surface area (Å²) in [6.07, 6.45) is 2.71. The number of aromatic nitrogens is 2. The Kier molecular flexibility index (Phi) is 6.40. The lowest BCUT2D eigenvalue weighted by molar-refractivity contribution is -0.113. The number of carbonyl (C=O) groups is 2. The zero-order valence-corrected chi connectivity index (χ0v) is 17.3. The summed E-state index contributed by atoms with van der Waals surface area (Å²) in [4.78, 5) is 44.0. The van der Waals surface area contributed by atoms with Crippen LogP contribution in [0.5, 0.6) is 0 Å². The van der Waals surface area contributed by atoms with Gasteiger partial charge < -0.3 is 20.8 Å². The molecule has 0 radical (unpaired) electrons. The van der Waals surface area contributed by atoms with E-state index in [1.54, 1.807) is 6.92 Å². The molecule has 150 valence electrons. The van der Waals surface area contributed by atoms with Crippen molar-refractivity contribution in [2.45, 2.75) is 38.3 Å². The van der Waals surface area contributed by atoms with Crippen molar-refractivity contribution < 1.29 is 14.3 Å². The molecule has 0 saturated heterocycles. The van der Waals surface area contributed by atoms with Gasteiger partial charge in [-0.05, 0) is 37.7 Å². The topological polar surface area (TPSA) is 127 Å². The number of hydrogen-bond acceptors (Lipinski definition) is 8. The van der Waals surface area contributed by atoms with Crippen molar-refractivity contribution in [2.75, 3.05) is 23.4 Å². The van der Waals surface area contributed by atoms with Gasteiger partial charge in [-0.2, -0.15) is 0 Å². The number of aromatic amines is 1. The first-order valence-electron chi connectivity index (χ1n) is 8.98. The number of rotatable bonds is 6. The van der Waals surface area contributed by atoms with Crippen LogP contribution in [0.1, 0.15) is 41.1 Å². The molecular formula is C18H22N4O4S2. The van der Waals surface area contributed by atoms with E-state index in [2.05, 4.69) is 22.2 Å². The van der Waals surface area contributed by atoms with Gasteiger partial charge >= 0.3 is 5.97 Å². The first kappa shape index (κ1) is 20.4. The summed E-state index contributed by atoms with van der Waals surface area (Å²) in [6, 6.07) is 1.17. The summed E-state index contributed by atoms with van der Waals surface area (Å²) in [7, 11) is 0. The number of ether oxygens (including phenoxy) is 1. The number of fused-ring (bicyclic) bond motifs is 1. The Morgan fingerprint density at radius 3 is 3.00 bits per heavy atom.